The second kappa shape index (κ2) is 8.22. The number of likely N-dealkylation sites (tertiary alicyclic amines) is 2. The molecule has 1 aromatic carbocycles. The van der Waals surface area contributed by atoms with Crippen molar-refractivity contribution in [1.82, 2.24) is 9.80 Å². The van der Waals surface area contributed by atoms with Crippen molar-refractivity contribution < 1.29 is 24.2 Å². The number of rotatable bonds is 4. The van der Waals surface area contributed by atoms with Gasteiger partial charge in [0.25, 0.3) is 5.91 Å². The first-order chi connectivity index (χ1) is 14.0. The van der Waals surface area contributed by atoms with Crippen molar-refractivity contribution in [2.45, 2.75) is 44.6 Å². The van der Waals surface area contributed by atoms with Gasteiger partial charge >= 0.3 is 0 Å². The Hall–Kier alpha value is -2.28. The smallest absolute Gasteiger partial charge is 0.257 e. The summed E-state index contributed by atoms with van der Waals surface area (Å²) in [5.74, 6) is 0.261. The lowest BCUT2D eigenvalue weighted by Crippen LogP contribution is -2.53. The highest BCUT2D eigenvalue weighted by atomic mass is 16.5. The van der Waals surface area contributed by atoms with E-state index in [-0.39, 0.29) is 34.6 Å². The van der Waals surface area contributed by atoms with Crippen molar-refractivity contribution in [2.24, 2.45) is 5.41 Å². The number of carbonyl (C=O) groups is 2. The molecule has 7 heteroatoms. The number of benzene rings is 1. The maximum atomic E-state index is 12.9. The van der Waals surface area contributed by atoms with Crippen LogP contribution in [0.1, 0.15) is 48.9 Å². The monoisotopic (exact) mass is 402 g/mol. The Labute approximate surface area is 171 Å². The van der Waals surface area contributed by atoms with Crippen molar-refractivity contribution in [3.05, 3.63) is 23.8 Å². The van der Waals surface area contributed by atoms with Crippen LogP contribution in [0.5, 0.6) is 11.5 Å². The van der Waals surface area contributed by atoms with Crippen LogP contribution in [0.2, 0.25) is 0 Å². The van der Waals surface area contributed by atoms with Gasteiger partial charge in [-0.2, -0.15) is 0 Å². The van der Waals surface area contributed by atoms with Crippen molar-refractivity contribution in [3.63, 3.8) is 0 Å². The molecule has 29 heavy (non-hydrogen) atoms. The topological polar surface area (TPSA) is 79.3 Å². The summed E-state index contributed by atoms with van der Waals surface area (Å²) >= 11 is 0. The summed E-state index contributed by atoms with van der Waals surface area (Å²) in [4.78, 5) is 29.2. The van der Waals surface area contributed by atoms with Gasteiger partial charge in [0, 0.05) is 39.2 Å². The first-order valence-corrected chi connectivity index (χ1v) is 10.6. The van der Waals surface area contributed by atoms with E-state index in [4.69, 9.17) is 9.47 Å². The summed E-state index contributed by atoms with van der Waals surface area (Å²) in [6.45, 7) is 3.53. The maximum Gasteiger partial charge on any atom is 0.257 e. The molecule has 3 heterocycles. The number of hydrogen-bond acceptors (Lipinski definition) is 5. The van der Waals surface area contributed by atoms with Gasteiger partial charge < -0.3 is 24.4 Å². The first-order valence-electron chi connectivity index (χ1n) is 10.6. The molecular weight excluding hydrogens is 372 g/mol. The summed E-state index contributed by atoms with van der Waals surface area (Å²) in [5.41, 5.74) is 0.360. The highest BCUT2D eigenvalue weighted by Gasteiger charge is 2.42. The van der Waals surface area contributed by atoms with E-state index in [1.165, 1.54) is 7.11 Å². The van der Waals surface area contributed by atoms with Crippen molar-refractivity contribution in [1.29, 1.82) is 0 Å². The van der Waals surface area contributed by atoms with E-state index in [1.54, 1.807) is 23.1 Å². The van der Waals surface area contributed by atoms with Crippen LogP contribution in [0.4, 0.5) is 0 Å². The van der Waals surface area contributed by atoms with E-state index in [2.05, 4.69) is 0 Å². The molecule has 0 saturated carbocycles. The molecule has 3 fully saturated rings. The first kappa shape index (κ1) is 20.0. The van der Waals surface area contributed by atoms with Crippen molar-refractivity contribution in [3.8, 4) is 11.5 Å². The molecule has 4 rings (SSSR count). The zero-order valence-electron chi connectivity index (χ0n) is 17.1. The van der Waals surface area contributed by atoms with Gasteiger partial charge in [0.2, 0.25) is 5.91 Å². The van der Waals surface area contributed by atoms with Crippen LogP contribution in [-0.2, 0) is 9.53 Å². The molecule has 0 bridgehead atoms. The molecule has 0 unspecified atom stereocenters. The molecular formula is C22H30N2O5. The minimum atomic E-state index is -0.167. The number of carbonyl (C=O) groups excluding carboxylic acids is 2. The van der Waals surface area contributed by atoms with Crippen LogP contribution in [-0.4, -0.2) is 72.7 Å². The number of methoxy groups -OCH3 is 1. The molecule has 1 N–H and O–H groups in total. The van der Waals surface area contributed by atoms with Crippen LogP contribution in [0.15, 0.2) is 18.2 Å². The van der Waals surface area contributed by atoms with Crippen LogP contribution in [0, 0.1) is 5.41 Å². The van der Waals surface area contributed by atoms with Gasteiger partial charge in [0.15, 0.2) is 11.5 Å². The Morgan fingerprint density at radius 3 is 2.79 bits per heavy atom. The summed E-state index contributed by atoms with van der Waals surface area (Å²) in [7, 11) is 1.47. The lowest BCUT2D eigenvalue weighted by Gasteiger charge is -2.47. The molecule has 158 valence electrons. The number of piperidine rings is 2. The third-order valence-corrected chi connectivity index (χ3v) is 6.76. The van der Waals surface area contributed by atoms with Crippen LogP contribution in [0.3, 0.4) is 0 Å². The largest absolute Gasteiger partial charge is 0.504 e. The quantitative estimate of drug-likeness (QED) is 0.837. The van der Waals surface area contributed by atoms with Gasteiger partial charge in [-0.15, -0.1) is 0 Å². The lowest BCUT2D eigenvalue weighted by molar-refractivity contribution is -0.141. The number of para-hydroxylation sites is 1. The van der Waals surface area contributed by atoms with Gasteiger partial charge in [0.05, 0.1) is 18.8 Å². The predicted molar refractivity (Wildman–Crippen MR) is 107 cm³/mol. The number of phenols is 1. The normalized spacial score (nSPS) is 24.2. The fourth-order valence-corrected chi connectivity index (χ4v) is 4.93. The molecule has 7 nitrogen and oxygen atoms in total. The van der Waals surface area contributed by atoms with Crippen LogP contribution in [0.25, 0.3) is 0 Å². The third kappa shape index (κ3) is 4.06. The number of ether oxygens (including phenoxy) is 2. The minimum Gasteiger partial charge on any atom is -0.504 e. The SMILES string of the molecule is COc1cccc(C(=O)N2CCC3(CCC(=O)N(C[C@@H]4CCCO4)C3)CC2)c1O. The summed E-state index contributed by atoms with van der Waals surface area (Å²) in [5, 5.41) is 10.3. The van der Waals surface area contributed by atoms with Crippen LogP contribution >= 0.6 is 0 Å². The van der Waals surface area contributed by atoms with Gasteiger partial charge in [0.1, 0.15) is 0 Å². The Kier molecular flexibility index (Phi) is 5.67. The van der Waals surface area contributed by atoms with Gasteiger partial charge in [-0.25, -0.2) is 0 Å². The van der Waals surface area contributed by atoms with E-state index in [1.807, 2.05) is 4.90 Å². The molecule has 2 amide bonds. The van der Waals surface area contributed by atoms with Crippen molar-refractivity contribution >= 4 is 11.8 Å². The molecule has 3 saturated heterocycles. The van der Waals surface area contributed by atoms with Gasteiger partial charge in [-0.3, -0.25) is 9.59 Å². The average molecular weight is 402 g/mol. The molecule has 0 aromatic heterocycles. The van der Waals surface area contributed by atoms with Gasteiger partial charge in [-0.05, 0) is 49.7 Å². The van der Waals surface area contributed by atoms with E-state index < -0.39 is 0 Å². The minimum absolute atomic E-state index is 0.0831. The lowest BCUT2D eigenvalue weighted by atomic mass is 9.72. The number of aromatic hydroxyl groups is 1. The molecule has 1 aromatic rings. The van der Waals surface area contributed by atoms with Gasteiger partial charge in [-0.1, -0.05) is 6.07 Å². The molecule has 3 aliphatic rings. The fourth-order valence-electron chi connectivity index (χ4n) is 4.93. The standard InChI is InChI=1S/C22H30N2O5/c1-28-18-6-2-5-17(20(18)26)21(27)23-11-9-22(10-12-23)8-7-19(25)24(15-22)14-16-4-3-13-29-16/h2,5-6,16,26H,3-4,7-15H2,1H3/t16-/m0/s1. The highest BCUT2D eigenvalue weighted by Crippen LogP contribution is 2.41. The molecule has 1 spiro atoms. The van der Waals surface area contributed by atoms with E-state index in [0.29, 0.717) is 31.8 Å². The Morgan fingerprint density at radius 1 is 1.31 bits per heavy atom. The van der Waals surface area contributed by atoms with E-state index in [0.717, 1.165) is 45.3 Å². The number of nitrogens with zero attached hydrogens (tertiary/aromatic N) is 2. The second-order valence-corrected chi connectivity index (χ2v) is 8.56. The Balaban J connectivity index is 1.39. The third-order valence-electron chi connectivity index (χ3n) is 6.76. The second-order valence-electron chi connectivity index (χ2n) is 8.56. The summed E-state index contributed by atoms with van der Waals surface area (Å²) in [6.07, 6.45) is 5.50. The molecule has 0 radical (unpaired) electrons. The number of hydrogen-bond donors (Lipinski definition) is 1. The molecule has 3 aliphatic heterocycles. The summed E-state index contributed by atoms with van der Waals surface area (Å²) < 4.78 is 10.8. The highest BCUT2D eigenvalue weighted by molar-refractivity contribution is 5.97. The predicted octanol–water partition coefficient (Wildman–Crippen LogP) is 2.42. The zero-order valence-corrected chi connectivity index (χ0v) is 17.1. The fraction of sp³-hybridized carbons (Fsp3) is 0.636. The zero-order chi connectivity index (χ0) is 20.4. The molecule has 1 atom stereocenters. The number of phenolic OH excluding ortho intramolecular Hbond substituents is 1. The number of amides is 2. The summed E-state index contributed by atoms with van der Waals surface area (Å²) in [6, 6.07) is 4.99. The Morgan fingerprint density at radius 2 is 2.10 bits per heavy atom. The maximum absolute atomic E-state index is 12.9. The van der Waals surface area contributed by atoms with Crippen LogP contribution < -0.4 is 4.74 Å². The van der Waals surface area contributed by atoms with E-state index >= 15 is 0 Å². The molecule has 0 aliphatic carbocycles. The van der Waals surface area contributed by atoms with Crippen molar-refractivity contribution in [2.75, 3.05) is 39.9 Å². The Bertz CT molecular complexity index is 766. The van der Waals surface area contributed by atoms with E-state index in [9.17, 15) is 14.7 Å². The average Bonchev–Trinajstić information content (AvgIpc) is 3.24.